The third kappa shape index (κ3) is 2.81. The lowest BCUT2D eigenvalue weighted by Gasteiger charge is -2.13. The summed E-state index contributed by atoms with van der Waals surface area (Å²) in [6, 6.07) is 2.30. The van der Waals surface area contributed by atoms with Crippen LogP contribution < -0.4 is 5.32 Å². The lowest BCUT2D eigenvalue weighted by Crippen LogP contribution is -2.28. The number of aryl methyl sites for hydroxylation is 1. The second-order valence-corrected chi connectivity index (χ2v) is 7.01. The molecule has 20 heavy (non-hydrogen) atoms. The zero-order chi connectivity index (χ0) is 14.3. The summed E-state index contributed by atoms with van der Waals surface area (Å²) in [5.74, 6) is -0.0389. The summed E-state index contributed by atoms with van der Waals surface area (Å²) in [4.78, 5) is 16.8. The maximum Gasteiger partial charge on any atom is 0.268 e. The van der Waals surface area contributed by atoms with Crippen LogP contribution in [0, 0.1) is 6.92 Å². The highest BCUT2D eigenvalue weighted by Crippen LogP contribution is 2.37. The van der Waals surface area contributed by atoms with Crippen molar-refractivity contribution in [1.82, 2.24) is 14.9 Å². The molecule has 1 unspecified atom stereocenters. The van der Waals surface area contributed by atoms with E-state index in [0.717, 1.165) is 33.7 Å². The number of rotatable bonds is 4. The second-order valence-electron chi connectivity index (χ2n) is 5.20. The predicted molar refractivity (Wildman–Crippen MR) is 83.1 cm³/mol. The van der Waals surface area contributed by atoms with Crippen LogP contribution in [0.5, 0.6) is 0 Å². The Hall–Kier alpha value is -1.14. The zero-order valence-corrected chi connectivity index (χ0v) is 13.8. The minimum absolute atomic E-state index is 0.0389. The van der Waals surface area contributed by atoms with E-state index in [1.165, 1.54) is 0 Å². The first-order valence-electron chi connectivity index (χ1n) is 6.65. The van der Waals surface area contributed by atoms with E-state index in [4.69, 9.17) is 0 Å². The van der Waals surface area contributed by atoms with Crippen molar-refractivity contribution in [3.63, 3.8) is 0 Å². The van der Waals surface area contributed by atoms with Crippen molar-refractivity contribution in [3.05, 3.63) is 38.5 Å². The third-order valence-electron chi connectivity index (χ3n) is 3.34. The number of nitrogens with zero attached hydrogens (tertiary/aromatic N) is 2. The molecular formula is C14H16BrN3OS. The highest BCUT2D eigenvalue weighted by atomic mass is 79.9. The first kappa shape index (κ1) is 13.8. The SMILES string of the molecule is Cc1csc(C(C)NC(=O)c2cc(Br)cn2C2CC2)n1. The lowest BCUT2D eigenvalue weighted by atomic mass is 10.3. The van der Waals surface area contributed by atoms with Gasteiger partial charge in [-0.1, -0.05) is 0 Å². The lowest BCUT2D eigenvalue weighted by molar-refractivity contribution is 0.0930. The topological polar surface area (TPSA) is 46.9 Å². The average molecular weight is 354 g/mol. The number of carbonyl (C=O) groups excluding carboxylic acids is 1. The highest BCUT2D eigenvalue weighted by molar-refractivity contribution is 9.10. The van der Waals surface area contributed by atoms with Crippen molar-refractivity contribution in [2.75, 3.05) is 0 Å². The van der Waals surface area contributed by atoms with Crippen LogP contribution in [0.15, 0.2) is 22.1 Å². The van der Waals surface area contributed by atoms with Crippen molar-refractivity contribution in [1.29, 1.82) is 0 Å². The monoisotopic (exact) mass is 353 g/mol. The van der Waals surface area contributed by atoms with Crippen LogP contribution in [0.4, 0.5) is 0 Å². The van der Waals surface area contributed by atoms with Crippen molar-refractivity contribution < 1.29 is 4.79 Å². The first-order chi connectivity index (χ1) is 9.54. The number of thiazole rings is 1. The Morgan fingerprint density at radius 3 is 2.95 bits per heavy atom. The number of carbonyl (C=O) groups is 1. The van der Waals surface area contributed by atoms with E-state index in [-0.39, 0.29) is 11.9 Å². The number of amides is 1. The van der Waals surface area contributed by atoms with E-state index < -0.39 is 0 Å². The molecule has 4 nitrogen and oxygen atoms in total. The van der Waals surface area contributed by atoms with Crippen molar-refractivity contribution in [3.8, 4) is 0 Å². The van der Waals surface area contributed by atoms with Gasteiger partial charge in [-0.25, -0.2) is 4.98 Å². The third-order valence-corrected chi connectivity index (χ3v) is 4.92. The number of nitrogens with one attached hydrogen (secondary N) is 1. The van der Waals surface area contributed by atoms with Gasteiger partial charge in [-0.2, -0.15) is 0 Å². The van der Waals surface area contributed by atoms with E-state index in [1.807, 2.05) is 31.5 Å². The summed E-state index contributed by atoms with van der Waals surface area (Å²) in [5.41, 5.74) is 1.72. The van der Waals surface area contributed by atoms with Gasteiger partial charge in [0.25, 0.3) is 5.91 Å². The molecule has 1 amide bonds. The molecule has 106 valence electrons. The Morgan fingerprint density at radius 1 is 1.60 bits per heavy atom. The molecule has 1 aliphatic carbocycles. The molecule has 0 aromatic carbocycles. The molecule has 0 radical (unpaired) electrons. The van der Waals surface area contributed by atoms with Gasteiger partial charge in [-0.15, -0.1) is 11.3 Å². The van der Waals surface area contributed by atoms with Gasteiger partial charge in [-0.05, 0) is 48.7 Å². The Balaban J connectivity index is 1.76. The quantitative estimate of drug-likeness (QED) is 0.907. The molecule has 0 aliphatic heterocycles. The van der Waals surface area contributed by atoms with Crippen molar-refractivity contribution >= 4 is 33.2 Å². The van der Waals surface area contributed by atoms with Crippen LogP contribution >= 0.6 is 27.3 Å². The van der Waals surface area contributed by atoms with Crippen LogP contribution in [0.2, 0.25) is 0 Å². The molecule has 1 fully saturated rings. The molecule has 0 bridgehead atoms. The maximum absolute atomic E-state index is 12.4. The highest BCUT2D eigenvalue weighted by Gasteiger charge is 2.28. The molecule has 6 heteroatoms. The number of aromatic nitrogens is 2. The largest absolute Gasteiger partial charge is 0.342 e. The van der Waals surface area contributed by atoms with Crippen LogP contribution in [0.25, 0.3) is 0 Å². The van der Waals surface area contributed by atoms with Gasteiger partial charge in [0.15, 0.2) is 0 Å². The molecule has 1 atom stereocenters. The molecule has 1 aliphatic rings. The average Bonchev–Trinajstić information content (AvgIpc) is 3.03. The fraction of sp³-hybridized carbons (Fsp3) is 0.429. The summed E-state index contributed by atoms with van der Waals surface area (Å²) in [6.07, 6.45) is 4.30. The van der Waals surface area contributed by atoms with E-state index in [0.29, 0.717) is 6.04 Å². The van der Waals surface area contributed by atoms with Gasteiger partial charge >= 0.3 is 0 Å². The number of hydrogen-bond donors (Lipinski definition) is 1. The number of hydrogen-bond acceptors (Lipinski definition) is 3. The minimum Gasteiger partial charge on any atom is -0.342 e. The van der Waals surface area contributed by atoms with E-state index in [2.05, 4.69) is 30.8 Å². The zero-order valence-electron chi connectivity index (χ0n) is 11.4. The Bertz CT molecular complexity index is 645. The van der Waals surface area contributed by atoms with Gasteiger partial charge in [0.2, 0.25) is 0 Å². The second kappa shape index (κ2) is 5.33. The van der Waals surface area contributed by atoms with Crippen LogP contribution in [0.1, 0.15) is 53.0 Å². The normalized spacial score (nSPS) is 16.1. The van der Waals surface area contributed by atoms with E-state index in [1.54, 1.807) is 11.3 Å². The molecule has 0 saturated heterocycles. The molecule has 3 rings (SSSR count). The van der Waals surface area contributed by atoms with Gasteiger partial charge in [0.1, 0.15) is 10.7 Å². The van der Waals surface area contributed by atoms with Gasteiger partial charge in [0, 0.05) is 27.8 Å². The molecule has 1 N–H and O–H groups in total. The molecule has 0 spiro atoms. The summed E-state index contributed by atoms with van der Waals surface area (Å²) in [5, 5.41) is 5.97. The Morgan fingerprint density at radius 2 is 2.35 bits per heavy atom. The van der Waals surface area contributed by atoms with Crippen LogP contribution in [0.3, 0.4) is 0 Å². The Labute approximate surface area is 130 Å². The van der Waals surface area contributed by atoms with E-state index >= 15 is 0 Å². The van der Waals surface area contributed by atoms with Crippen molar-refractivity contribution in [2.45, 2.75) is 38.8 Å². The minimum atomic E-state index is -0.0671. The van der Waals surface area contributed by atoms with E-state index in [9.17, 15) is 4.79 Å². The molecular weight excluding hydrogens is 338 g/mol. The summed E-state index contributed by atoms with van der Waals surface area (Å²) >= 11 is 5.03. The summed E-state index contributed by atoms with van der Waals surface area (Å²) < 4.78 is 3.02. The molecule has 2 aromatic rings. The summed E-state index contributed by atoms with van der Waals surface area (Å²) in [6.45, 7) is 3.93. The first-order valence-corrected chi connectivity index (χ1v) is 8.32. The summed E-state index contributed by atoms with van der Waals surface area (Å²) in [7, 11) is 0. The van der Waals surface area contributed by atoms with Crippen LogP contribution in [-0.4, -0.2) is 15.5 Å². The predicted octanol–water partition coefficient (Wildman–Crippen LogP) is 3.84. The van der Waals surface area contributed by atoms with Crippen molar-refractivity contribution in [2.24, 2.45) is 0 Å². The maximum atomic E-state index is 12.4. The fourth-order valence-electron chi connectivity index (χ4n) is 2.19. The van der Waals surface area contributed by atoms with Gasteiger partial charge in [-0.3, -0.25) is 4.79 Å². The smallest absolute Gasteiger partial charge is 0.268 e. The fourth-order valence-corrected chi connectivity index (χ4v) is 3.43. The molecule has 2 aromatic heterocycles. The van der Waals surface area contributed by atoms with Crippen LogP contribution in [-0.2, 0) is 0 Å². The molecule has 2 heterocycles. The Kier molecular flexibility index (Phi) is 3.69. The van der Waals surface area contributed by atoms with Gasteiger partial charge < -0.3 is 9.88 Å². The standard InChI is InChI=1S/C14H16BrN3OS/c1-8-7-20-14(16-8)9(2)17-13(19)12-5-10(15)6-18(12)11-3-4-11/h5-7,9,11H,3-4H2,1-2H3,(H,17,19). The molecule has 1 saturated carbocycles. The number of halogens is 1. The van der Waals surface area contributed by atoms with Gasteiger partial charge in [0.05, 0.1) is 6.04 Å².